The third kappa shape index (κ3) is 8.07. The van der Waals surface area contributed by atoms with Gasteiger partial charge in [0.2, 0.25) is 27.7 Å². The minimum absolute atomic E-state index is 0.00490. The Morgan fingerprint density at radius 2 is 1.93 bits per heavy atom. The van der Waals surface area contributed by atoms with Crippen molar-refractivity contribution in [2.75, 3.05) is 20.1 Å². The summed E-state index contributed by atoms with van der Waals surface area (Å²) in [5.41, 5.74) is -0.808. The highest BCUT2D eigenvalue weighted by Gasteiger charge is 2.62. The van der Waals surface area contributed by atoms with E-state index in [1.54, 1.807) is 44.0 Å². The van der Waals surface area contributed by atoms with Gasteiger partial charge >= 0.3 is 6.18 Å². The molecular formula is C39H46F3N5O7S2. The van der Waals surface area contributed by atoms with Gasteiger partial charge in [0.25, 0.3) is 0 Å². The Labute approximate surface area is 327 Å². The number of likely N-dealkylation sites (tertiary alicyclic amines) is 1. The summed E-state index contributed by atoms with van der Waals surface area (Å²) in [5.74, 6) is -1.87. The number of likely N-dealkylation sites (N-methyl/N-ethyl adjacent to an activating group) is 1. The quantitative estimate of drug-likeness (QED) is 0.132. The predicted molar refractivity (Wildman–Crippen MR) is 205 cm³/mol. The number of ether oxygens (including phenoxy) is 1. The van der Waals surface area contributed by atoms with E-state index in [2.05, 4.69) is 27.8 Å². The van der Waals surface area contributed by atoms with Gasteiger partial charge in [-0.2, -0.15) is 13.2 Å². The Balaban J connectivity index is 1.32. The Hall–Kier alpha value is -4.35. The summed E-state index contributed by atoms with van der Waals surface area (Å²) >= 11 is 0.765. The van der Waals surface area contributed by atoms with E-state index in [9.17, 15) is 41.1 Å². The number of nitrogens with one attached hydrogen (secondary N) is 1. The van der Waals surface area contributed by atoms with Crippen molar-refractivity contribution in [1.82, 2.24) is 24.5 Å². The summed E-state index contributed by atoms with van der Waals surface area (Å²) in [6.07, 6.45) is 0.892. The molecule has 1 saturated heterocycles. The van der Waals surface area contributed by atoms with Crippen LogP contribution in [-0.4, -0.2) is 88.0 Å². The molecule has 3 aromatic rings. The molecular weight excluding hydrogens is 772 g/mol. The lowest BCUT2D eigenvalue weighted by Gasteiger charge is -2.29. The zero-order valence-corrected chi connectivity index (χ0v) is 33.2. The van der Waals surface area contributed by atoms with Gasteiger partial charge in [0, 0.05) is 43.3 Å². The number of fused-ring (bicyclic) bond motifs is 1. The molecule has 302 valence electrons. The number of unbranched alkanes of at least 4 members (excludes halogenated alkanes) is 2. The number of alkyl halides is 3. The van der Waals surface area contributed by atoms with Gasteiger partial charge in [-0.15, -0.1) is 24.5 Å². The third-order valence-corrected chi connectivity index (χ3v) is 14.4. The van der Waals surface area contributed by atoms with Crippen LogP contribution in [0.5, 0.6) is 5.75 Å². The van der Waals surface area contributed by atoms with Crippen LogP contribution < -0.4 is 9.46 Å². The number of thiazole rings is 1. The van der Waals surface area contributed by atoms with E-state index < -0.39 is 61.9 Å². The van der Waals surface area contributed by atoms with Crippen molar-refractivity contribution in [1.29, 1.82) is 0 Å². The monoisotopic (exact) mass is 817 g/mol. The molecule has 3 fully saturated rings. The minimum atomic E-state index is -4.67. The van der Waals surface area contributed by atoms with E-state index in [1.807, 2.05) is 0 Å². The summed E-state index contributed by atoms with van der Waals surface area (Å²) < 4.78 is 74.3. The molecule has 0 radical (unpaired) electrons. The molecule has 0 unspecified atom stereocenters. The third-order valence-electron chi connectivity index (χ3n) is 11.3. The van der Waals surface area contributed by atoms with Gasteiger partial charge in [0.15, 0.2) is 5.69 Å². The molecule has 2 aliphatic carbocycles. The van der Waals surface area contributed by atoms with E-state index in [-0.39, 0.29) is 54.8 Å². The number of amides is 3. The number of aryl methyl sites for hydroxylation is 1. The molecule has 17 heteroatoms. The van der Waals surface area contributed by atoms with Crippen LogP contribution in [0.1, 0.15) is 75.1 Å². The highest BCUT2D eigenvalue weighted by molar-refractivity contribution is 7.91. The topological polar surface area (TPSA) is 159 Å². The highest BCUT2D eigenvalue weighted by atomic mass is 32.2. The lowest BCUT2D eigenvalue weighted by atomic mass is 9.97. The molecule has 3 heterocycles. The number of rotatable bonds is 16. The Kier molecular flexibility index (Phi) is 11.5. The molecule has 2 aromatic heterocycles. The second-order valence-electron chi connectivity index (χ2n) is 15.3. The second-order valence-corrected chi connectivity index (χ2v) is 18.3. The van der Waals surface area contributed by atoms with Crippen LogP contribution in [0.3, 0.4) is 0 Å². The number of carbonyl (C=O) groups is 3. The first-order chi connectivity index (χ1) is 26.4. The maximum absolute atomic E-state index is 14.3. The Morgan fingerprint density at radius 1 is 1.20 bits per heavy atom. The number of hydrogen-bond acceptors (Lipinski definition) is 10. The van der Waals surface area contributed by atoms with Crippen LogP contribution in [0.15, 0.2) is 48.9 Å². The van der Waals surface area contributed by atoms with Crippen LogP contribution in [0.25, 0.3) is 21.6 Å². The fraction of sp³-hybridized carbons (Fsp3) is 0.513. The zero-order valence-electron chi connectivity index (χ0n) is 31.5. The van der Waals surface area contributed by atoms with Gasteiger partial charge in [-0.25, -0.2) is 18.4 Å². The summed E-state index contributed by atoms with van der Waals surface area (Å²) in [7, 11) is -2.34. The number of sulfonamides is 1. The molecule has 0 spiro atoms. The number of benzene rings is 1. The maximum Gasteiger partial charge on any atom is 0.434 e. The first kappa shape index (κ1) is 41.3. The largest absolute Gasteiger partial charge is 0.488 e. The van der Waals surface area contributed by atoms with Crippen LogP contribution in [0.2, 0.25) is 0 Å². The van der Waals surface area contributed by atoms with E-state index >= 15 is 0 Å². The van der Waals surface area contributed by atoms with Crippen LogP contribution in [0.4, 0.5) is 13.2 Å². The van der Waals surface area contributed by atoms with Crippen molar-refractivity contribution < 1.29 is 45.8 Å². The Bertz CT molecular complexity index is 2170. The van der Waals surface area contributed by atoms with E-state index in [0.717, 1.165) is 29.6 Å². The number of pyridine rings is 1. The van der Waals surface area contributed by atoms with E-state index in [0.29, 0.717) is 47.8 Å². The summed E-state index contributed by atoms with van der Waals surface area (Å²) in [6, 6.07) is 3.86. The van der Waals surface area contributed by atoms with Crippen LogP contribution >= 0.6 is 11.3 Å². The zero-order chi connectivity index (χ0) is 40.8. The molecule has 56 heavy (non-hydrogen) atoms. The van der Waals surface area contributed by atoms with Gasteiger partial charge in [-0.05, 0) is 75.5 Å². The van der Waals surface area contributed by atoms with E-state index in [1.165, 1.54) is 17.0 Å². The number of aliphatic hydroxyl groups is 1. The number of carbonyl (C=O) groups excluding carboxylic acids is 3. The average Bonchev–Trinajstić information content (AvgIpc) is 3.93. The van der Waals surface area contributed by atoms with Crippen molar-refractivity contribution in [2.45, 2.75) is 94.9 Å². The number of hydrogen-bond donors (Lipinski definition) is 2. The van der Waals surface area contributed by atoms with Crippen molar-refractivity contribution >= 4 is 50.0 Å². The highest BCUT2D eigenvalue weighted by Crippen LogP contribution is 2.57. The smallest absolute Gasteiger partial charge is 0.434 e. The molecule has 6 rings (SSSR count). The molecule has 2 N–H and O–H groups in total. The summed E-state index contributed by atoms with van der Waals surface area (Å²) in [5, 5.41) is 11.3. The SMILES string of the molecule is C=CCCCCN(C)C(=O)[C@@H]1C[C@H](Oc2cc(-c3nc(C(F)(F)F)cs3)nc3c(C)c(CO)ccc23)CN1C(=O)C[C@]1(C(=O)NS(=O)(=O)C2(C)CC2)C[C@H]1C=C. The van der Waals surface area contributed by atoms with Gasteiger partial charge in [0.1, 0.15) is 28.6 Å². The van der Waals surface area contributed by atoms with Crippen LogP contribution in [0, 0.1) is 18.3 Å². The average molecular weight is 818 g/mol. The minimum Gasteiger partial charge on any atom is -0.488 e. The number of nitrogens with zero attached hydrogens (tertiary/aromatic N) is 4. The first-order valence-corrected chi connectivity index (χ1v) is 20.8. The van der Waals surface area contributed by atoms with Gasteiger partial charge < -0.3 is 19.6 Å². The van der Waals surface area contributed by atoms with Crippen molar-refractivity contribution in [2.24, 2.45) is 11.3 Å². The van der Waals surface area contributed by atoms with Gasteiger partial charge in [-0.3, -0.25) is 19.1 Å². The second kappa shape index (κ2) is 15.5. The number of allylic oxidation sites excluding steroid dienone is 2. The van der Waals surface area contributed by atoms with Crippen molar-refractivity contribution in [3.63, 3.8) is 0 Å². The fourth-order valence-electron chi connectivity index (χ4n) is 7.26. The standard InChI is InChI=1S/C39H46F3N5O7S2/c1-6-8-9-10-15-46(5)35(50)29-16-26(20-47(29)32(49)19-38(18-25(38)7-2)36(51)45-56(52,53)37(4)13-14-37)54-30-17-28(34-44-31(22-55-34)39(40,41)42)43-33-23(3)24(21-48)11-12-27(30)33/h6-7,11-12,17,22,25-26,29,48H,1-2,8-10,13-16,18-21H2,3-5H3,(H,45,51)/t25-,26+,29+,38-/m1/s1. The fourth-order valence-corrected chi connectivity index (χ4v) is 9.38. The molecule has 1 aliphatic heterocycles. The lowest BCUT2D eigenvalue weighted by molar-refractivity contribution is -0.144. The molecule has 1 aromatic carbocycles. The molecule has 12 nitrogen and oxygen atoms in total. The molecule has 4 atom stereocenters. The maximum atomic E-state index is 14.3. The van der Waals surface area contributed by atoms with E-state index in [4.69, 9.17) is 4.74 Å². The molecule has 3 amide bonds. The summed E-state index contributed by atoms with van der Waals surface area (Å²) in [4.78, 5) is 53.4. The van der Waals surface area contributed by atoms with Crippen molar-refractivity contribution in [3.8, 4) is 16.5 Å². The summed E-state index contributed by atoms with van der Waals surface area (Å²) in [6.45, 7) is 10.9. The molecule has 0 bridgehead atoms. The molecule has 3 aliphatic rings. The first-order valence-electron chi connectivity index (χ1n) is 18.5. The molecule has 2 saturated carbocycles. The van der Waals surface area contributed by atoms with Gasteiger partial charge in [-0.1, -0.05) is 18.2 Å². The normalized spacial score (nSPS) is 22.8. The van der Waals surface area contributed by atoms with Crippen LogP contribution in [-0.2, 0) is 37.2 Å². The predicted octanol–water partition coefficient (Wildman–Crippen LogP) is 5.92. The van der Waals surface area contributed by atoms with Crippen molar-refractivity contribution in [3.05, 3.63) is 65.7 Å². The number of halogens is 3. The van der Waals surface area contributed by atoms with Gasteiger partial charge in [0.05, 0.1) is 28.8 Å². The lowest BCUT2D eigenvalue weighted by Crippen LogP contribution is -2.49. The number of aromatic nitrogens is 2. The Morgan fingerprint density at radius 3 is 2.54 bits per heavy atom. The number of aliphatic hydroxyl groups excluding tert-OH is 1.